The molecule has 0 saturated carbocycles. The summed E-state index contributed by atoms with van der Waals surface area (Å²) in [4.78, 5) is 16.9. The van der Waals surface area contributed by atoms with Crippen molar-refractivity contribution in [2.24, 2.45) is 0 Å². The first-order valence-corrected chi connectivity index (χ1v) is 9.36. The zero-order valence-corrected chi connectivity index (χ0v) is 16.2. The van der Waals surface area contributed by atoms with Gasteiger partial charge in [0.15, 0.2) is 6.19 Å². The highest BCUT2D eigenvalue weighted by atomic mass is 16.5. The molecule has 148 valence electrons. The van der Waals surface area contributed by atoms with Gasteiger partial charge in [0, 0.05) is 19.1 Å². The number of nitriles is 1. The van der Waals surface area contributed by atoms with Gasteiger partial charge in [0.05, 0.1) is 19.8 Å². The second kappa shape index (κ2) is 9.71. The van der Waals surface area contributed by atoms with Crippen LogP contribution in [0.2, 0.25) is 0 Å². The third-order valence-corrected chi connectivity index (χ3v) is 4.01. The number of benzene rings is 1. The molecule has 1 saturated heterocycles. The van der Waals surface area contributed by atoms with Crippen LogP contribution in [0.25, 0.3) is 0 Å². The Labute approximate surface area is 164 Å². The average molecular weight is 383 g/mol. The van der Waals surface area contributed by atoms with Gasteiger partial charge in [-0.1, -0.05) is 18.2 Å². The maximum Gasteiger partial charge on any atom is 0.245 e. The minimum atomic E-state index is 0.157. The van der Waals surface area contributed by atoms with Crippen molar-refractivity contribution in [3.8, 4) is 11.9 Å². The molecule has 0 unspecified atom stereocenters. The summed E-state index contributed by atoms with van der Waals surface area (Å²) in [5, 5.41) is 12.8. The number of hydrogen-bond acceptors (Lipinski definition) is 9. The van der Waals surface area contributed by atoms with Crippen LogP contribution in [0.3, 0.4) is 0 Å². The lowest BCUT2D eigenvalue weighted by atomic mass is 10.3. The van der Waals surface area contributed by atoms with E-state index in [4.69, 9.17) is 9.47 Å². The summed E-state index contributed by atoms with van der Waals surface area (Å²) in [6, 6.07) is 9.64. The van der Waals surface area contributed by atoms with Gasteiger partial charge in [-0.05, 0) is 26.0 Å². The Morgan fingerprint density at radius 2 is 1.96 bits per heavy atom. The van der Waals surface area contributed by atoms with E-state index in [1.54, 1.807) is 0 Å². The molecule has 0 radical (unpaired) electrons. The van der Waals surface area contributed by atoms with E-state index in [2.05, 4.69) is 26.5 Å². The third-order valence-electron chi connectivity index (χ3n) is 4.01. The highest BCUT2D eigenvalue weighted by Crippen LogP contribution is 2.18. The number of ether oxygens (including phenoxy) is 2. The Balaban J connectivity index is 1.75. The molecule has 1 aromatic carbocycles. The molecule has 0 bridgehead atoms. The topological polar surface area (TPSA) is 99.4 Å². The van der Waals surface area contributed by atoms with Crippen molar-refractivity contribution < 1.29 is 9.47 Å². The zero-order chi connectivity index (χ0) is 19.8. The second-order valence-corrected chi connectivity index (χ2v) is 6.57. The van der Waals surface area contributed by atoms with Crippen LogP contribution in [0.4, 0.5) is 17.8 Å². The highest BCUT2D eigenvalue weighted by molar-refractivity contribution is 5.48. The van der Waals surface area contributed by atoms with Gasteiger partial charge in [-0.2, -0.15) is 20.2 Å². The van der Waals surface area contributed by atoms with Crippen LogP contribution in [0.15, 0.2) is 30.3 Å². The van der Waals surface area contributed by atoms with E-state index in [9.17, 15) is 5.26 Å². The molecule has 0 aliphatic carbocycles. The Bertz CT molecular complexity index is 789. The molecule has 0 spiro atoms. The molecule has 1 N–H and O–H groups in total. The minimum absolute atomic E-state index is 0.157. The van der Waals surface area contributed by atoms with Crippen LogP contribution in [-0.4, -0.2) is 60.4 Å². The second-order valence-electron chi connectivity index (χ2n) is 6.57. The van der Waals surface area contributed by atoms with Gasteiger partial charge in [-0.3, -0.25) is 0 Å². The fourth-order valence-corrected chi connectivity index (χ4v) is 2.67. The summed E-state index contributed by atoms with van der Waals surface area (Å²) < 4.78 is 11.1. The molecule has 3 rings (SSSR count). The van der Waals surface area contributed by atoms with E-state index in [-0.39, 0.29) is 6.04 Å². The van der Waals surface area contributed by atoms with Crippen molar-refractivity contribution in [2.75, 3.05) is 54.6 Å². The van der Waals surface area contributed by atoms with Crippen LogP contribution in [-0.2, 0) is 4.74 Å². The molecule has 1 aliphatic heterocycles. The molecular formula is C19H25N7O2. The number of morpholine rings is 1. The largest absolute Gasteiger partial charge is 0.492 e. The van der Waals surface area contributed by atoms with E-state index in [1.807, 2.05) is 49.1 Å². The molecule has 1 aliphatic rings. The number of hydrogen-bond donors (Lipinski definition) is 1. The predicted molar refractivity (Wildman–Crippen MR) is 107 cm³/mol. The van der Waals surface area contributed by atoms with Gasteiger partial charge in [0.2, 0.25) is 17.8 Å². The zero-order valence-electron chi connectivity index (χ0n) is 16.2. The molecule has 2 heterocycles. The van der Waals surface area contributed by atoms with Gasteiger partial charge in [0.1, 0.15) is 12.4 Å². The van der Waals surface area contributed by atoms with E-state index < -0.39 is 0 Å². The Kier molecular flexibility index (Phi) is 6.81. The first-order chi connectivity index (χ1) is 13.7. The molecule has 0 amide bonds. The van der Waals surface area contributed by atoms with Crippen LogP contribution in [0, 0.1) is 11.5 Å². The van der Waals surface area contributed by atoms with E-state index in [0.717, 1.165) is 5.75 Å². The van der Waals surface area contributed by atoms with Crippen molar-refractivity contribution in [3.05, 3.63) is 30.3 Å². The van der Waals surface area contributed by atoms with Crippen LogP contribution < -0.4 is 19.9 Å². The highest BCUT2D eigenvalue weighted by Gasteiger charge is 2.19. The summed E-state index contributed by atoms with van der Waals surface area (Å²) in [7, 11) is 0. The third kappa shape index (κ3) is 5.44. The summed E-state index contributed by atoms with van der Waals surface area (Å²) in [5.74, 6) is 2.05. The fourth-order valence-electron chi connectivity index (χ4n) is 2.67. The van der Waals surface area contributed by atoms with Gasteiger partial charge < -0.3 is 19.7 Å². The van der Waals surface area contributed by atoms with Crippen LogP contribution in [0.1, 0.15) is 13.8 Å². The van der Waals surface area contributed by atoms with Gasteiger partial charge in [-0.25, -0.2) is 4.90 Å². The molecule has 28 heavy (non-hydrogen) atoms. The van der Waals surface area contributed by atoms with Crippen molar-refractivity contribution in [3.63, 3.8) is 0 Å². The van der Waals surface area contributed by atoms with Crippen molar-refractivity contribution in [1.29, 1.82) is 5.26 Å². The summed E-state index contributed by atoms with van der Waals surface area (Å²) in [5.41, 5.74) is 0. The van der Waals surface area contributed by atoms with Crippen molar-refractivity contribution in [2.45, 2.75) is 19.9 Å². The van der Waals surface area contributed by atoms with Crippen LogP contribution in [0.5, 0.6) is 5.75 Å². The fraction of sp³-hybridized carbons (Fsp3) is 0.474. The molecule has 1 fully saturated rings. The molecule has 9 nitrogen and oxygen atoms in total. The number of anilines is 3. The Morgan fingerprint density at radius 3 is 2.64 bits per heavy atom. The normalized spacial score (nSPS) is 13.9. The van der Waals surface area contributed by atoms with Crippen molar-refractivity contribution >= 4 is 17.8 Å². The van der Waals surface area contributed by atoms with Crippen LogP contribution >= 0.6 is 0 Å². The Hall–Kier alpha value is -3.12. The quantitative estimate of drug-likeness (QED) is 0.541. The summed E-state index contributed by atoms with van der Waals surface area (Å²) in [6.45, 7) is 7.34. The van der Waals surface area contributed by atoms with Gasteiger partial charge in [0.25, 0.3) is 0 Å². The first-order valence-electron chi connectivity index (χ1n) is 9.36. The summed E-state index contributed by atoms with van der Waals surface area (Å²) >= 11 is 0. The first kappa shape index (κ1) is 19.6. The molecule has 9 heteroatoms. The summed E-state index contributed by atoms with van der Waals surface area (Å²) in [6.07, 6.45) is 2.14. The van der Waals surface area contributed by atoms with Gasteiger partial charge in [-0.15, -0.1) is 0 Å². The van der Waals surface area contributed by atoms with E-state index in [1.165, 1.54) is 4.90 Å². The number of para-hydroxylation sites is 1. The lowest BCUT2D eigenvalue weighted by Crippen LogP contribution is -2.38. The Morgan fingerprint density at radius 1 is 1.21 bits per heavy atom. The number of aromatic nitrogens is 3. The maximum absolute atomic E-state index is 9.62. The lowest BCUT2D eigenvalue weighted by molar-refractivity contribution is 0.122. The van der Waals surface area contributed by atoms with Gasteiger partial charge >= 0.3 is 0 Å². The lowest BCUT2D eigenvalue weighted by Gasteiger charge is -2.27. The predicted octanol–water partition coefficient (Wildman–Crippen LogP) is 1.89. The monoisotopic (exact) mass is 383 g/mol. The minimum Gasteiger partial charge on any atom is -0.492 e. The standard InChI is InChI=1S/C19H25N7O2/c1-15(2)21-17-22-18(25-8-11-27-12-9-25)24-19(23-17)26(14-20)10-13-28-16-6-4-3-5-7-16/h3-7,15H,8-13H2,1-2H3,(H,21,22,23,24). The number of nitrogens with one attached hydrogen (secondary N) is 1. The number of nitrogens with zero attached hydrogens (tertiary/aromatic N) is 6. The molecular weight excluding hydrogens is 358 g/mol. The maximum atomic E-state index is 9.62. The van der Waals surface area contributed by atoms with Crippen molar-refractivity contribution in [1.82, 2.24) is 15.0 Å². The smallest absolute Gasteiger partial charge is 0.245 e. The SMILES string of the molecule is CC(C)Nc1nc(N(C#N)CCOc2ccccc2)nc(N2CCOCC2)n1. The molecule has 0 atom stereocenters. The molecule has 1 aromatic heterocycles. The van der Waals surface area contributed by atoms with E-state index in [0.29, 0.717) is 57.3 Å². The molecule has 2 aromatic rings. The number of rotatable bonds is 8. The van der Waals surface area contributed by atoms with E-state index >= 15 is 0 Å². The average Bonchev–Trinajstić information content (AvgIpc) is 2.72.